The molecule has 0 aliphatic carbocycles. The predicted octanol–water partition coefficient (Wildman–Crippen LogP) is 2.52. The summed E-state index contributed by atoms with van der Waals surface area (Å²) in [5, 5.41) is 13.4. The first-order valence-corrected chi connectivity index (χ1v) is 10.7. The Bertz CT molecular complexity index is 1020. The van der Waals surface area contributed by atoms with Crippen molar-refractivity contribution in [2.75, 3.05) is 20.8 Å². The van der Waals surface area contributed by atoms with Gasteiger partial charge in [0.25, 0.3) is 6.10 Å². The number of aliphatic hydroxyl groups is 1. The van der Waals surface area contributed by atoms with Crippen LogP contribution in [0.1, 0.15) is 24.2 Å². The molecule has 0 amide bonds. The number of carbonyl (C=O) groups is 2. The summed E-state index contributed by atoms with van der Waals surface area (Å²) in [6.07, 6.45) is -2.16. The van der Waals surface area contributed by atoms with Crippen LogP contribution < -0.4 is 14.8 Å². The smallest absolute Gasteiger partial charge is 0.362 e. The Morgan fingerprint density at radius 1 is 1.15 bits per heavy atom. The van der Waals surface area contributed by atoms with Crippen LogP contribution in [0.5, 0.6) is 11.5 Å². The first-order chi connectivity index (χ1) is 16.2. The lowest BCUT2D eigenvalue weighted by molar-refractivity contribution is -0.221. The van der Waals surface area contributed by atoms with E-state index in [1.165, 1.54) is 12.1 Å². The fourth-order valence-electron chi connectivity index (χ4n) is 3.31. The highest BCUT2D eigenvalue weighted by Crippen LogP contribution is 2.36. The summed E-state index contributed by atoms with van der Waals surface area (Å²) in [7, 11) is 2.22. The lowest BCUT2D eigenvalue weighted by Crippen LogP contribution is -2.40. The molecule has 1 aliphatic heterocycles. The second kappa shape index (κ2) is 11.5. The molecule has 1 aliphatic rings. The number of ether oxygens (including phenoxy) is 5. The highest BCUT2D eigenvalue weighted by atomic mass is 35.5. The lowest BCUT2D eigenvalue weighted by atomic mass is 10.1. The maximum absolute atomic E-state index is 14.1. The number of rotatable bonds is 10. The number of aliphatic hydroxyl groups excluding tert-OH is 1. The molecule has 0 bridgehead atoms. The Kier molecular flexibility index (Phi) is 8.67. The van der Waals surface area contributed by atoms with E-state index in [-0.39, 0.29) is 23.2 Å². The summed E-state index contributed by atoms with van der Waals surface area (Å²) in [6, 6.07) is 9.62. The minimum atomic E-state index is -1.66. The molecule has 0 fully saturated rings. The molecule has 2 aromatic carbocycles. The number of nitrogens with one attached hydrogen (secondary N) is 1. The highest BCUT2D eigenvalue weighted by molar-refractivity contribution is 6.30. The summed E-state index contributed by atoms with van der Waals surface area (Å²) in [5.74, 6) is -1.80. The van der Waals surface area contributed by atoms with Crippen molar-refractivity contribution in [1.82, 2.24) is 5.32 Å². The van der Waals surface area contributed by atoms with Crippen LogP contribution in [0.3, 0.4) is 0 Å². The van der Waals surface area contributed by atoms with E-state index in [0.717, 1.165) is 19.8 Å². The van der Waals surface area contributed by atoms with Crippen molar-refractivity contribution in [2.24, 2.45) is 0 Å². The van der Waals surface area contributed by atoms with E-state index in [4.69, 9.17) is 25.8 Å². The molecular formula is C23H25ClFNO8. The van der Waals surface area contributed by atoms with Gasteiger partial charge >= 0.3 is 18.4 Å². The van der Waals surface area contributed by atoms with E-state index in [1.807, 2.05) is 13.0 Å². The van der Waals surface area contributed by atoms with Crippen molar-refractivity contribution < 1.29 is 42.8 Å². The molecule has 0 saturated carbocycles. The van der Waals surface area contributed by atoms with Crippen molar-refractivity contribution in [2.45, 2.75) is 38.1 Å². The molecule has 0 radical (unpaired) electrons. The summed E-state index contributed by atoms with van der Waals surface area (Å²) in [6.45, 7) is 0.697. The second-order valence-corrected chi connectivity index (χ2v) is 7.95. The second-order valence-electron chi connectivity index (χ2n) is 7.54. The van der Waals surface area contributed by atoms with Gasteiger partial charge in [-0.25, -0.2) is 14.0 Å². The van der Waals surface area contributed by atoms with Gasteiger partial charge in [0.15, 0.2) is 11.5 Å². The van der Waals surface area contributed by atoms with Crippen molar-refractivity contribution in [3.8, 4) is 11.5 Å². The van der Waals surface area contributed by atoms with Crippen LogP contribution in [0.15, 0.2) is 36.4 Å². The molecule has 34 heavy (non-hydrogen) atoms. The molecule has 2 N–H and O–H groups in total. The van der Waals surface area contributed by atoms with E-state index in [9.17, 15) is 19.1 Å². The standard InChI is InChI=1S/C23H25ClFNO8/c1-12(26-11-16(27)14-5-4-6-15(24)19(14)25)9-13-7-8-17-18(10-13)33-23(32-17)34-20(21(28)30-2)22(29)31-3/h4-8,10,12,16,20,23,26-27H,9,11H2,1-3H3/t12-,16+,23-/m1/s1. The molecule has 0 spiro atoms. The molecular weight excluding hydrogens is 473 g/mol. The number of hydrogen-bond acceptors (Lipinski definition) is 9. The number of fused-ring (bicyclic) bond motifs is 1. The fraction of sp³-hybridized carbons (Fsp3) is 0.391. The Labute approximate surface area is 200 Å². The van der Waals surface area contributed by atoms with E-state index in [1.54, 1.807) is 18.2 Å². The maximum Gasteiger partial charge on any atom is 0.362 e. The average molecular weight is 498 g/mol. The lowest BCUT2D eigenvalue weighted by Gasteiger charge is -2.18. The Balaban J connectivity index is 1.55. The van der Waals surface area contributed by atoms with Gasteiger partial charge in [0.1, 0.15) is 5.82 Å². The van der Waals surface area contributed by atoms with Crippen molar-refractivity contribution >= 4 is 23.5 Å². The van der Waals surface area contributed by atoms with E-state index in [0.29, 0.717) is 17.9 Å². The zero-order valence-corrected chi connectivity index (χ0v) is 19.5. The summed E-state index contributed by atoms with van der Waals surface area (Å²) in [4.78, 5) is 23.5. The molecule has 0 saturated heterocycles. The first kappa shape index (κ1) is 25.7. The molecule has 11 heteroatoms. The van der Waals surface area contributed by atoms with Gasteiger partial charge in [0.2, 0.25) is 0 Å². The maximum atomic E-state index is 14.1. The molecule has 3 rings (SSSR count). The number of benzene rings is 2. The molecule has 3 atom stereocenters. The normalized spacial score (nSPS) is 16.3. The number of halogens is 2. The van der Waals surface area contributed by atoms with Crippen molar-refractivity contribution in [3.63, 3.8) is 0 Å². The summed E-state index contributed by atoms with van der Waals surface area (Å²) >= 11 is 5.77. The zero-order valence-electron chi connectivity index (χ0n) is 18.7. The van der Waals surface area contributed by atoms with Crippen LogP contribution in [0.2, 0.25) is 5.02 Å². The van der Waals surface area contributed by atoms with Crippen LogP contribution >= 0.6 is 11.6 Å². The van der Waals surface area contributed by atoms with E-state index in [2.05, 4.69) is 14.8 Å². The van der Waals surface area contributed by atoms with Crippen molar-refractivity contribution in [1.29, 1.82) is 0 Å². The number of carbonyl (C=O) groups excluding carboxylic acids is 2. The summed E-state index contributed by atoms with van der Waals surface area (Å²) < 4.78 is 39.5. The molecule has 1 heterocycles. The summed E-state index contributed by atoms with van der Waals surface area (Å²) in [5.41, 5.74) is 1.00. The van der Waals surface area contributed by atoms with Crippen LogP contribution in [-0.4, -0.2) is 56.4 Å². The minimum absolute atomic E-state index is 0.0447. The third-order valence-electron chi connectivity index (χ3n) is 5.07. The average Bonchev–Trinajstić information content (AvgIpc) is 3.23. The van der Waals surface area contributed by atoms with Crippen LogP contribution in [0, 0.1) is 5.82 Å². The first-order valence-electron chi connectivity index (χ1n) is 10.4. The van der Waals surface area contributed by atoms with Gasteiger partial charge < -0.3 is 29.4 Å². The highest BCUT2D eigenvalue weighted by Gasteiger charge is 2.37. The third kappa shape index (κ3) is 6.15. The van der Waals surface area contributed by atoms with Gasteiger partial charge in [0.05, 0.1) is 25.3 Å². The molecule has 0 aromatic heterocycles. The van der Waals surface area contributed by atoms with E-state index >= 15 is 0 Å². The largest absolute Gasteiger partial charge is 0.467 e. The number of hydrogen-bond donors (Lipinski definition) is 2. The van der Waals surface area contributed by atoms with Gasteiger partial charge in [-0.05, 0) is 37.1 Å². The molecule has 2 aromatic rings. The third-order valence-corrected chi connectivity index (χ3v) is 5.37. The van der Waals surface area contributed by atoms with Gasteiger partial charge in [0, 0.05) is 18.2 Å². The monoisotopic (exact) mass is 497 g/mol. The number of esters is 2. The van der Waals surface area contributed by atoms with Gasteiger partial charge in [-0.15, -0.1) is 0 Å². The number of methoxy groups -OCH3 is 2. The minimum Gasteiger partial charge on any atom is -0.467 e. The Hall–Kier alpha value is -2.92. The zero-order chi connectivity index (χ0) is 24.8. The molecule has 184 valence electrons. The SMILES string of the molecule is COC(=O)C(O[C@@H]1Oc2ccc(C[C@@H](C)NC[C@H](O)c3cccc(Cl)c3F)cc2O1)C(=O)OC. The Morgan fingerprint density at radius 3 is 2.50 bits per heavy atom. The fourth-order valence-corrected chi connectivity index (χ4v) is 3.50. The topological polar surface area (TPSA) is 113 Å². The molecule has 0 unspecified atom stereocenters. The van der Waals surface area contributed by atoms with Gasteiger partial charge in [-0.2, -0.15) is 0 Å². The van der Waals surface area contributed by atoms with Crippen molar-refractivity contribution in [3.05, 3.63) is 58.4 Å². The van der Waals surface area contributed by atoms with E-state index < -0.39 is 36.4 Å². The van der Waals surface area contributed by atoms with Crippen LogP contribution in [0.4, 0.5) is 4.39 Å². The van der Waals surface area contributed by atoms with Crippen LogP contribution in [-0.2, 0) is 30.2 Å². The quantitative estimate of drug-likeness (QED) is 0.377. The molecule has 9 nitrogen and oxygen atoms in total. The van der Waals surface area contributed by atoms with Gasteiger partial charge in [-0.3, -0.25) is 4.74 Å². The van der Waals surface area contributed by atoms with Gasteiger partial charge in [-0.1, -0.05) is 29.8 Å². The van der Waals surface area contributed by atoms with Crippen LogP contribution in [0.25, 0.3) is 0 Å². The predicted molar refractivity (Wildman–Crippen MR) is 118 cm³/mol. The Morgan fingerprint density at radius 2 is 1.82 bits per heavy atom.